The van der Waals surface area contributed by atoms with E-state index in [1.807, 2.05) is 35.0 Å². The molecule has 1 fully saturated rings. The third-order valence-corrected chi connectivity index (χ3v) is 4.86. The minimum atomic E-state index is 0. The Balaban J connectivity index is 0.00000256. The van der Waals surface area contributed by atoms with Crippen molar-refractivity contribution < 1.29 is 4.74 Å². The number of guanidine groups is 1. The Labute approximate surface area is 193 Å². The van der Waals surface area contributed by atoms with E-state index in [0.29, 0.717) is 19.0 Å². The van der Waals surface area contributed by atoms with Crippen LogP contribution in [0.5, 0.6) is 0 Å². The summed E-state index contributed by atoms with van der Waals surface area (Å²) in [6.07, 6.45) is 4.09. The van der Waals surface area contributed by atoms with Gasteiger partial charge in [0.1, 0.15) is 5.82 Å². The highest BCUT2D eigenvalue weighted by molar-refractivity contribution is 14.0. The van der Waals surface area contributed by atoms with Gasteiger partial charge in [0.05, 0.1) is 19.3 Å². The fourth-order valence-electron chi connectivity index (χ4n) is 3.32. The van der Waals surface area contributed by atoms with Gasteiger partial charge in [0.2, 0.25) is 0 Å². The van der Waals surface area contributed by atoms with Gasteiger partial charge in [-0.25, -0.2) is 4.98 Å². The lowest BCUT2D eigenvalue weighted by Gasteiger charge is -2.32. The van der Waals surface area contributed by atoms with E-state index in [9.17, 15) is 0 Å². The van der Waals surface area contributed by atoms with Crippen molar-refractivity contribution in [3.63, 3.8) is 0 Å². The number of nitrogens with one attached hydrogen (secondary N) is 2. The highest BCUT2D eigenvalue weighted by atomic mass is 127. The number of halogens is 1. The Hall–Kier alpha value is -2.47. The van der Waals surface area contributed by atoms with Crippen LogP contribution in [0.4, 0.5) is 5.82 Å². The number of hydrogen-bond acceptors (Lipinski definition) is 6. The van der Waals surface area contributed by atoms with Crippen LogP contribution in [-0.2, 0) is 17.8 Å². The average molecular weight is 522 g/mol. The monoisotopic (exact) mass is 522 g/mol. The number of hydrogen-bond donors (Lipinski definition) is 2. The third-order valence-electron chi connectivity index (χ3n) is 4.86. The van der Waals surface area contributed by atoms with E-state index in [1.165, 1.54) is 0 Å². The molecule has 0 amide bonds. The topological polar surface area (TPSA) is 92.0 Å². The normalized spacial score (nSPS) is 16.9. The molecular weight excluding hydrogens is 495 g/mol. The molecule has 160 valence electrons. The number of anilines is 1. The molecule has 2 N–H and O–H groups in total. The maximum atomic E-state index is 5.59. The van der Waals surface area contributed by atoms with Crippen LogP contribution in [0.1, 0.15) is 18.3 Å². The standard InChI is InChI=1S/C20H26N8O.HI/c1-15-14-27(9-10-29-15)17-7-6-16(11-22-17)12-23-20(21-2)24-13-19-26-25-18-5-3-4-8-28(18)19;/h3-8,11,15H,9-10,12-14H2,1-2H3,(H2,21,23,24);1H. The molecule has 1 aliphatic heterocycles. The minimum absolute atomic E-state index is 0. The molecule has 1 atom stereocenters. The summed E-state index contributed by atoms with van der Waals surface area (Å²) in [5.41, 5.74) is 1.92. The van der Waals surface area contributed by atoms with Crippen molar-refractivity contribution in [2.24, 2.45) is 4.99 Å². The van der Waals surface area contributed by atoms with E-state index in [1.54, 1.807) is 7.05 Å². The van der Waals surface area contributed by atoms with Crippen molar-refractivity contribution in [2.45, 2.75) is 26.1 Å². The summed E-state index contributed by atoms with van der Waals surface area (Å²) >= 11 is 0. The molecule has 0 saturated carbocycles. The first-order valence-corrected chi connectivity index (χ1v) is 9.77. The Bertz CT molecular complexity index is 974. The molecule has 0 aromatic carbocycles. The fraction of sp³-hybridized carbons (Fsp3) is 0.400. The largest absolute Gasteiger partial charge is 0.375 e. The van der Waals surface area contributed by atoms with Gasteiger partial charge in [-0.3, -0.25) is 9.39 Å². The minimum Gasteiger partial charge on any atom is -0.375 e. The Morgan fingerprint density at radius 1 is 1.20 bits per heavy atom. The highest BCUT2D eigenvalue weighted by Gasteiger charge is 2.17. The third kappa shape index (κ3) is 5.36. The van der Waals surface area contributed by atoms with Crippen LogP contribution in [0, 0.1) is 0 Å². The molecule has 1 unspecified atom stereocenters. The number of nitrogens with zero attached hydrogens (tertiary/aromatic N) is 6. The predicted molar refractivity (Wildman–Crippen MR) is 127 cm³/mol. The van der Waals surface area contributed by atoms with E-state index < -0.39 is 0 Å². The lowest BCUT2D eigenvalue weighted by atomic mass is 10.2. The van der Waals surface area contributed by atoms with Crippen LogP contribution >= 0.6 is 24.0 Å². The van der Waals surface area contributed by atoms with Crippen LogP contribution < -0.4 is 15.5 Å². The van der Waals surface area contributed by atoms with Gasteiger partial charge in [0.25, 0.3) is 0 Å². The number of morpholine rings is 1. The summed E-state index contributed by atoms with van der Waals surface area (Å²) < 4.78 is 7.55. The van der Waals surface area contributed by atoms with Gasteiger partial charge in [0.15, 0.2) is 17.4 Å². The molecule has 1 aliphatic rings. The zero-order chi connectivity index (χ0) is 20.1. The van der Waals surface area contributed by atoms with E-state index in [0.717, 1.165) is 42.5 Å². The summed E-state index contributed by atoms with van der Waals surface area (Å²) in [4.78, 5) is 11.1. The van der Waals surface area contributed by atoms with Crippen LogP contribution in [-0.4, -0.2) is 58.4 Å². The molecule has 10 heteroatoms. The van der Waals surface area contributed by atoms with E-state index in [2.05, 4.69) is 54.8 Å². The van der Waals surface area contributed by atoms with Crippen molar-refractivity contribution >= 4 is 41.4 Å². The second-order valence-electron chi connectivity index (χ2n) is 6.98. The second-order valence-corrected chi connectivity index (χ2v) is 6.98. The highest BCUT2D eigenvalue weighted by Crippen LogP contribution is 2.15. The number of rotatable bonds is 5. The fourth-order valence-corrected chi connectivity index (χ4v) is 3.32. The first-order chi connectivity index (χ1) is 14.2. The van der Waals surface area contributed by atoms with Crippen LogP contribution in [0.3, 0.4) is 0 Å². The van der Waals surface area contributed by atoms with Crippen molar-refractivity contribution in [2.75, 3.05) is 31.6 Å². The number of aliphatic imine (C=N–C) groups is 1. The Kier molecular flexibility index (Phi) is 7.80. The van der Waals surface area contributed by atoms with Crippen molar-refractivity contribution in [3.05, 3.63) is 54.1 Å². The van der Waals surface area contributed by atoms with Crippen LogP contribution in [0.2, 0.25) is 0 Å². The molecule has 0 radical (unpaired) electrons. The molecule has 4 rings (SSSR count). The zero-order valence-corrected chi connectivity index (χ0v) is 19.5. The van der Waals surface area contributed by atoms with Crippen molar-refractivity contribution in [1.29, 1.82) is 0 Å². The smallest absolute Gasteiger partial charge is 0.191 e. The molecule has 3 aromatic heterocycles. The predicted octanol–water partition coefficient (Wildman–Crippen LogP) is 1.83. The summed E-state index contributed by atoms with van der Waals surface area (Å²) in [6.45, 7) is 5.74. The van der Waals surface area contributed by atoms with Gasteiger partial charge in [-0.2, -0.15) is 0 Å². The second kappa shape index (κ2) is 10.5. The quantitative estimate of drug-likeness (QED) is 0.300. The van der Waals surface area contributed by atoms with E-state index in [4.69, 9.17) is 4.74 Å². The van der Waals surface area contributed by atoms with Gasteiger partial charge >= 0.3 is 0 Å². The maximum absolute atomic E-state index is 5.59. The lowest BCUT2D eigenvalue weighted by molar-refractivity contribution is 0.0529. The summed E-state index contributed by atoms with van der Waals surface area (Å²) in [7, 11) is 1.75. The number of fused-ring (bicyclic) bond motifs is 1. The summed E-state index contributed by atoms with van der Waals surface area (Å²) in [6, 6.07) is 9.99. The summed E-state index contributed by atoms with van der Waals surface area (Å²) in [5.74, 6) is 2.52. The molecule has 1 saturated heterocycles. The first kappa shape index (κ1) is 22.2. The van der Waals surface area contributed by atoms with Crippen molar-refractivity contribution in [1.82, 2.24) is 30.2 Å². The average Bonchev–Trinajstić information content (AvgIpc) is 3.17. The van der Waals surface area contributed by atoms with Gasteiger partial charge in [-0.1, -0.05) is 12.1 Å². The van der Waals surface area contributed by atoms with E-state index in [-0.39, 0.29) is 30.1 Å². The van der Waals surface area contributed by atoms with Gasteiger partial charge in [-0.15, -0.1) is 34.2 Å². The molecular formula is C20H27IN8O. The van der Waals surface area contributed by atoms with Crippen LogP contribution in [0.15, 0.2) is 47.7 Å². The molecule has 9 nitrogen and oxygen atoms in total. The maximum Gasteiger partial charge on any atom is 0.191 e. The van der Waals surface area contributed by atoms with E-state index >= 15 is 0 Å². The molecule has 0 bridgehead atoms. The molecule has 3 aromatic rings. The first-order valence-electron chi connectivity index (χ1n) is 9.77. The molecule has 0 spiro atoms. The van der Waals surface area contributed by atoms with Gasteiger partial charge < -0.3 is 20.3 Å². The zero-order valence-electron chi connectivity index (χ0n) is 17.2. The molecule has 30 heavy (non-hydrogen) atoms. The SMILES string of the molecule is CN=C(NCc1ccc(N2CCOC(C)C2)nc1)NCc1nnc2ccccn12.I. The Morgan fingerprint density at radius 3 is 2.83 bits per heavy atom. The molecule has 0 aliphatic carbocycles. The lowest BCUT2D eigenvalue weighted by Crippen LogP contribution is -2.41. The van der Waals surface area contributed by atoms with Gasteiger partial charge in [-0.05, 0) is 30.7 Å². The number of ether oxygens (including phenoxy) is 1. The number of pyridine rings is 2. The van der Waals surface area contributed by atoms with Gasteiger partial charge in [0, 0.05) is 39.1 Å². The number of aromatic nitrogens is 4. The molecule has 4 heterocycles. The Morgan fingerprint density at radius 2 is 2.07 bits per heavy atom. The summed E-state index contributed by atoms with van der Waals surface area (Å²) in [5, 5.41) is 15.0. The van der Waals surface area contributed by atoms with Crippen molar-refractivity contribution in [3.8, 4) is 0 Å². The van der Waals surface area contributed by atoms with Crippen LogP contribution in [0.25, 0.3) is 5.65 Å².